The van der Waals surface area contributed by atoms with E-state index in [-0.39, 0.29) is 30.9 Å². The van der Waals surface area contributed by atoms with Gasteiger partial charge in [-0.3, -0.25) is 14.5 Å². The maximum absolute atomic E-state index is 12.7. The Morgan fingerprint density at radius 3 is 2.40 bits per heavy atom. The van der Waals surface area contributed by atoms with Crippen molar-refractivity contribution in [2.75, 3.05) is 39.3 Å². The van der Waals surface area contributed by atoms with Gasteiger partial charge in [0.2, 0.25) is 5.91 Å². The van der Waals surface area contributed by atoms with Gasteiger partial charge in [0.05, 0.1) is 11.5 Å². The average Bonchev–Trinajstić information content (AvgIpc) is 3.00. The van der Waals surface area contributed by atoms with Gasteiger partial charge in [-0.1, -0.05) is 53.8 Å². The first-order valence-electron chi connectivity index (χ1n) is 9.90. The van der Waals surface area contributed by atoms with E-state index in [1.807, 2.05) is 37.3 Å². The Balaban J connectivity index is 1.51. The summed E-state index contributed by atoms with van der Waals surface area (Å²) in [5.74, 6) is -0.208. The molecule has 2 aliphatic rings. The molecular formula is C21H25N3O4S2. The minimum Gasteiger partial charge on any atom is -0.450 e. The maximum atomic E-state index is 12.7. The molecule has 30 heavy (non-hydrogen) atoms. The molecule has 0 aromatic heterocycles. The van der Waals surface area contributed by atoms with Crippen LogP contribution in [0.4, 0.5) is 4.79 Å². The molecule has 0 N–H and O–H groups in total. The molecule has 160 valence electrons. The lowest BCUT2D eigenvalue weighted by Crippen LogP contribution is -2.51. The molecule has 0 atom stereocenters. The second-order valence-electron chi connectivity index (χ2n) is 7.06. The molecule has 3 amide bonds. The quantitative estimate of drug-likeness (QED) is 0.511. The van der Waals surface area contributed by atoms with Gasteiger partial charge in [0.1, 0.15) is 4.32 Å². The number of hydrogen-bond donors (Lipinski definition) is 0. The van der Waals surface area contributed by atoms with Crippen molar-refractivity contribution in [1.82, 2.24) is 14.7 Å². The molecule has 9 heteroatoms. The molecule has 0 bridgehead atoms. The fourth-order valence-electron chi connectivity index (χ4n) is 3.23. The highest BCUT2D eigenvalue weighted by molar-refractivity contribution is 8.26. The molecule has 2 heterocycles. The Morgan fingerprint density at radius 1 is 1.13 bits per heavy atom. The molecule has 2 aliphatic heterocycles. The van der Waals surface area contributed by atoms with Crippen molar-refractivity contribution < 1.29 is 19.1 Å². The van der Waals surface area contributed by atoms with Crippen LogP contribution in [0.5, 0.6) is 0 Å². The number of nitrogens with zero attached hydrogens (tertiary/aromatic N) is 3. The summed E-state index contributed by atoms with van der Waals surface area (Å²) >= 11 is 6.62. The van der Waals surface area contributed by atoms with E-state index in [1.165, 1.54) is 16.7 Å². The molecule has 0 radical (unpaired) electrons. The molecule has 0 unspecified atom stereocenters. The van der Waals surface area contributed by atoms with Crippen molar-refractivity contribution >= 4 is 52.3 Å². The number of thiocarbonyl (C=S) groups is 1. The Bertz CT molecular complexity index is 862. The fraction of sp³-hybridized carbons (Fsp3) is 0.429. The molecule has 0 saturated carbocycles. The van der Waals surface area contributed by atoms with Gasteiger partial charge in [0, 0.05) is 39.1 Å². The van der Waals surface area contributed by atoms with E-state index in [4.69, 9.17) is 17.0 Å². The third-order valence-electron chi connectivity index (χ3n) is 4.96. The predicted octanol–water partition coefficient (Wildman–Crippen LogP) is 2.89. The first-order chi connectivity index (χ1) is 14.4. The Morgan fingerprint density at radius 2 is 1.77 bits per heavy atom. The molecule has 7 nitrogen and oxygen atoms in total. The molecular weight excluding hydrogens is 422 g/mol. The highest BCUT2D eigenvalue weighted by Crippen LogP contribution is 2.32. The number of ether oxygens (including phenoxy) is 1. The summed E-state index contributed by atoms with van der Waals surface area (Å²) in [5.41, 5.74) is 2.10. The normalized spacial score (nSPS) is 18.3. The first kappa shape index (κ1) is 22.3. The van der Waals surface area contributed by atoms with Gasteiger partial charge in [-0.25, -0.2) is 4.79 Å². The van der Waals surface area contributed by atoms with Crippen LogP contribution in [0.3, 0.4) is 0 Å². The number of carbonyl (C=O) groups excluding carboxylic acids is 3. The summed E-state index contributed by atoms with van der Waals surface area (Å²) in [6.07, 6.45) is 1.68. The zero-order valence-electron chi connectivity index (χ0n) is 17.1. The Hall–Kier alpha value is -2.39. The number of thioether (sulfide) groups is 1. The number of aryl methyl sites for hydroxylation is 1. The standard InChI is InChI=1S/C21H25N3O4S2/c1-3-28-20(27)23-12-10-22(11-13-23)18(25)8-9-24-19(26)17(30-21(24)29)14-16-6-4-15(2)5-7-16/h4-7,14H,3,8-13H2,1-2H3/b17-14+. The molecule has 0 aliphatic carbocycles. The number of amides is 3. The molecule has 3 rings (SSSR count). The average molecular weight is 448 g/mol. The lowest BCUT2D eigenvalue weighted by molar-refractivity contribution is -0.133. The van der Waals surface area contributed by atoms with Crippen molar-refractivity contribution in [2.24, 2.45) is 0 Å². The predicted molar refractivity (Wildman–Crippen MR) is 121 cm³/mol. The second kappa shape index (κ2) is 10.1. The van der Waals surface area contributed by atoms with Gasteiger partial charge in [-0.15, -0.1) is 0 Å². The summed E-state index contributed by atoms with van der Waals surface area (Å²) < 4.78 is 5.46. The van der Waals surface area contributed by atoms with Gasteiger partial charge in [-0.05, 0) is 25.5 Å². The van der Waals surface area contributed by atoms with Crippen LogP contribution in [0, 0.1) is 6.92 Å². The largest absolute Gasteiger partial charge is 0.450 e. The minimum absolute atomic E-state index is 0.0462. The number of piperazine rings is 1. The van der Waals surface area contributed by atoms with Gasteiger partial charge in [0.25, 0.3) is 5.91 Å². The minimum atomic E-state index is -0.345. The van der Waals surface area contributed by atoms with E-state index in [0.29, 0.717) is 42.0 Å². The van der Waals surface area contributed by atoms with E-state index in [9.17, 15) is 14.4 Å². The molecule has 1 aromatic rings. The monoisotopic (exact) mass is 447 g/mol. The lowest BCUT2D eigenvalue weighted by Gasteiger charge is -2.34. The van der Waals surface area contributed by atoms with E-state index < -0.39 is 0 Å². The number of hydrogen-bond acceptors (Lipinski definition) is 6. The van der Waals surface area contributed by atoms with Crippen LogP contribution in [0.25, 0.3) is 6.08 Å². The van der Waals surface area contributed by atoms with Crippen molar-refractivity contribution in [3.05, 3.63) is 40.3 Å². The van der Waals surface area contributed by atoms with Crippen LogP contribution in [-0.2, 0) is 14.3 Å². The molecule has 2 saturated heterocycles. The van der Waals surface area contributed by atoms with Crippen molar-refractivity contribution in [3.8, 4) is 0 Å². The van der Waals surface area contributed by atoms with Crippen molar-refractivity contribution in [2.45, 2.75) is 20.3 Å². The smallest absolute Gasteiger partial charge is 0.409 e. The Labute approximate surface area is 186 Å². The molecule has 0 spiro atoms. The van der Waals surface area contributed by atoms with E-state index in [2.05, 4.69) is 0 Å². The Kier molecular flexibility index (Phi) is 7.49. The summed E-state index contributed by atoms with van der Waals surface area (Å²) in [6, 6.07) is 7.91. The van der Waals surface area contributed by atoms with Gasteiger partial charge >= 0.3 is 6.09 Å². The molecule has 1 aromatic carbocycles. The molecule has 2 fully saturated rings. The fourth-order valence-corrected chi connectivity index (χ4v) is 4.53. The number of benzene rings is 1. The van der Waals surface area contributed by atoms with Crippen LogP contribution in [0.1, 0.15) is 24.5 Å². The topological polar surface area (TPSA) is 70.2 Å². The van der Waals surface area contributed by atoms with Crippen molar-refractivity contribution in [3.63, 3.8) is 0 Å². The van der Waals surface area contributed by atoms with Gasteiger partial charge in [0.15, 0.2) is 0 Å². The van der Waals surface area contributed by atoms with Crippen LogP contribution in [0.2, 0.25) is 0 Å². The summed E-state index contributed by atoms with van der Waals surface area (Å²) in [6.45, 7) is 6.19. The zero-order chi connectivity index (χ0) is 21.7. The van der Waals surface area contributed by atoms with E-state index in [0.717, 1.165) is 11.1 Å². The zero-order valence-corrected chi connectivity index (χ0v) is 18.8. The SMILES string of the molecule is CCOC(=O)N1CCN(C(=O)CCN2C(=O)/C(=C\c3ccc(C)cc3)SC2=S)CC1. The number of rotatable bonds is 5. The van der Waals surface area contributed by atoms with E-state index in [1.54, 1.807) is 16.7 Å². The van der Waals surface area contributed by atoms with Crippen LogP contribution in [-0.4, -0.2) is 76.3 Å². The highest BCUT2D eigenvalue weighted by Gasteiger charge is 2.33. The van der Waals surface area contributed by atoms with Crippen LogP contribution >= 0.6 is 24.0 Å². The summed E-state index contributed by atoms with van der Waals surface area (Å²) in [7, 11) is 0. The summed E-state index contributed by atoms with van der Waals surface area (Å²) in [4.78, 5) is 42.4. The maximum Gasteiger partial charge on any atom is 0.409 e. The third-order valence-corrected chi connectivity index (χ3v) is 6.33. The second-order valence-corrected chi connectivity index (χ2v) is 8.74. The summed E-state index contributed by atoms with van der Waals surface area (Å²) in [5, 5.41) is 0. The van der Waals surface area contributed by atoms with Crippen molar-refractivity contribution in [1.29, 1.82) is 0 Å². The van der Waals surface area contributed by atoms with E-state index >= 15 is 0 Å². The van der Waals surface area contributed by atoms with Gasteiger partial charge in [-0.2, -0.15) is 0 Å². The van der Waals surface area contributed by atoms with Gasteiger partial charge < -0.3 is 14.5 Å². The first-order valence-corrected chi connectivity index (χ1v) is 11.1. The third kappa shape index (κ3) is 5.40. The van der Waals surface area contributed by atoms with Crippen LogP contribution < -0.4 is 0 Å². The number of carbonyl (C=O) groups is 3. The van der Waals surface area contributed by atoms with Crippen LogP contribution in [0.15, 0.2) is 29.2 Å². The lowest BCUT2D eigenvalue weighted by atomic mass is 10.1. The highest BCUT2D eigenvalue weighted by atomic mass is 32.2.